The van der Waals surface area contributed by atoms with E-state index in [9.17, 15) is 9.18 Å². The number of H-pyrrole nitrogens is 2. The van der Waals surface area contributed by atoms with Gasteiger partial charge in [-0.3, -0.25) is 5.10 Å². The molecule has 0 amide bonds. The lowest BCUT2D eigenvalue weighted by atomic mass is 9.94. The predicted molar refractivity (Wildman–Crippen MR) is 86.6 cm³/mol. The molecule has 126 valence electrons. The minimum Gasteiger partial charge on any atom is -0.388 e. The lowest BCUT2D eigenvalue weighted by Crippen LogP contribution is -2.43. The van der Waals surface area contributed by atoms with Crippen LogP contribution in [0.2, 0.25) is 0 Å². The monoisotopic (exact) mass is 332 g/mol. The van der Waals surface area contributed by atoms with Crippen molar-refractivity contribution in [2.45, 2.75) is 18.5 Å². The van der Waals surface area contributed by atoms with Gasteiger partial charge in [-0.15, -0.1) is 5.10 Å². The SMILES string of the molecule is O=c1[nH]nc(-c2cc(NCC3(F)CCNCC3)c3cn[nH]c3c2)o1. The zero-order valence-corrected chi connectivity index (χ0v) is 12.9. The van der Waals surface area contributed by atoms with Crippen LogP contribution in [-0.4, -0.2) is 45.7 Å². The minimum atomic E-state index is -1.24. The number of alkyl halides is 1. The zero-order valence-electron chi connectivity index (χ0n) is 12.9. The summed E-state index contributed by atoms with van der Waals surface area (Å²) in [5.41, 5.74) is 0.832. The fourth-order valence-electron chi connectivity index (χ4n) is 2.98. The Bertz CT molecular complexity index is 908. The molecule has 4 rings (SSSR count). The van der Waals surface area contributed by atoms with Gasteiger partial charge in [-0.2, -0.15) is 5.10 Å². The van der Waals surface area contributed by atoms with Gasteiger partial charge in [-0.1, -0.05) is 0 Å². The van der Waals surface area contributed by atoms with Gasteiger partial charge >= 0.3 is 5.76 Å². The van der Waals surface area contributed by atoms with E-state index in [1.54, 1.807) is 18.3 Å². The van der Waals surface area contributed by atoms with Gasteiger partial charge in [0.05, 0.1) is 11.7 Å². The maximum absolute atomic E-state index is 14.8. The first-order chi connectivity index (χ1) is 11.6. The number of nitrogens with zero attached hydrogens (tertiary/aromatic N) is 2. The molecule has 0 unspecified atom stereocenters. The second-order valence-corrected chi connectivity index (χ2v) is 6.03. The molecule has 1 aromatic carbocycles. The third-order valence-electron chi connectivity index (χ3n) is 4.34. The molecule has 0 radical (unpaired) electrons. The van der Waals surface area contributed by atoms with Gasteiger partial charge in [0.25, 0.3) is 0 Å². The molecule has 1 fully saturated rings. The number of rotatable bonds is 4. The van der Waals surface area contributed by atoms with Crippen LogP contribution in [0.25, 0.3) is 22.4 Å². The summed E-state index contributed by atoms with van der Waals surface area (Å²) in [5, 5.41) is 20.1. The van der Waals surface area contributed by atoms with Gasteiger partial charge in [0, 0.05) is 23.2 Å². The van der Waals surface area contributed by atoms with Crippen molar-refractivity contribution < 1.29 is 8.81 Å². The van der Waals surface area contributed by atoms with Gasteiger partial charge in [-0.25, -0.2) is 14.3 Å². The highest BCUT2D eigenvalue weighted by Crippen LogP contribution is 2.30. The quantitative estimate of drug-likeness (QED) is 0.575. The van der Waals surface area contributed by atoms with Gasteiger partial charge in [0.1, 0.15) is 5.67 Å². The van der Waals surface area contributed by atoms with Crippen molar-refractivity contribution in [3.05, 3.63) is 28.9 Å². The van der Waals surface area contributed by atoms with Crippen LogP contribution in [0, 0.1) is 0 Å². The molecule has 9 heteroatoms. The average Bonchev–Trinajstić information content (AvgIpc) is 3.22. The molecule has 0 spiro atoms. The third kappa shape index (κ3) is 2.78. The van der Waals surface area contributed by atoms with Gasteiger partial charge in [0.2, 0.25) is 5.89 Å². The van der Waals surface area contributed by atoms with E-state index in [4.69, 9.17) is 4.42 Å². The van der Waals surface area contributed by atoms with Crippen LogP contribution in [-0.2, 0) is 0 Å². The fraction of sp³-hybridized carbons (Fsp3) is 0.400. The molecular formula is C15H17FN6O2. The van der Waals surface area contributed by atoms with Crippen LogP contribution in [0.15, 0.2) is 27.5 Å². The Morgan fingerprint density at radius 2 is 2.12 bits per heavy atom. The highest BCUT2D eigenvalue weighted by Gasteiger charge is 2.31. The van der Waals surface area contributed by atoms with E-state index in [1.807, 2.05) is 0 Å². The average molecular weight is 332 g/mol. The lowest BCUT2D eigenvalue weighted by Gasteiger charge is -2.30. The summed E-state index contributed by atoms with van der Waals surface area (Å²) in [5.74, 6) is -0.446. The number of hydrogen-bond acceptors (Lipinski definition) is 6. The fourth-order valence-corrected chi connectivity index (χ4v) is 2.98. The van der Waals surface area contributed by atoms with E-state index in [0.29, 0.717) is 31.5 Å². The number of hydrogen-bond donors (Lipinski definition) is 4. The van der Waals surface area contributed by atoms with E-state index < -0.39 is 11.4 Å². The summed E-state index contributed by atoms with van der Waals surface area (Å²) in [6, 6.07) is 3.56. The van der Waals surface area contributed by atoms with Crippen molar-refractivity contribution in [3.8, 4) is 11.5 Å². The summed E-state index contributed by atoms with van der Waals surface area (Å²) in [4.78, 5) is 11.2. The number of aromatic amines is 2. The molecule has 4 N–H and O–H groups in total. The molecule has 8 nitrogen and oxygen atoms in total. The number of anilines is 1. The second-order valence-electron chi connectivity index (χ2n) is 6.03. The van der Waals surface area contributed by atoms with Crippen LogP contribution < -0.4 is 16.4 Å². The highest BCUT2D eigenvalue weighted by molar-refractivity contribution is 5.94. The Morgan fingerprint density at radius 1 is 1.29 bits per heavy atom. The Morgan fingerprint density at radius 3 is 2.88 bits per heavy atom. The standard InChI is InChI=1S/C15H17FN6O2/c16-15(1-3-17-4-2-15)8-18-11-5-9(13-21-22-14(23)24-13)6-12-10(11)7-19-20-12/h5-7,17-18H,1-4,8H2,(H,19,20)(H,22,23). The van der Waals surface area contributed by atoms with Crippen LogP contribution in [0.1, 0.15) is 12.8 Å². The second kappa shape index (κ2) is 5.75. The topological polar surface area (TPSA) is 112 Å². The van der Waals surface area contributed by atoms with Crippen molar-refractivity contribution in [3.63, 3.8) is 0 Å². The maximum Gasteiger partial charge on any atom is 0.434 e. The maximum atomic E-state index is 14.8. The largest absolute Gasteiger partial charge is 0.434 e. The number of nitrogens with one attached hydrogen (secondary N) is 4. The zero-order chi connectivity index (χ0) is 16.6. The first kappa shape index (κ1) is 14.9. The molecule has 1 saturated heterocycles. The summed E-state index contributed by atoms with van der Waals surface area (Å²) < 4.78 is 19.8. The first-order valence-corrected chi connectivity index (χ1v) is 7.80. The number of piperidine rings is 1. The van der Waals surface area contributed by atoms with Crippen LogP contribution in [0.4, 0.5) is 10.1 Å². The van der Waals surface area contributed by atoms with Crippen molar-refractivity contribution in [1.29, 1.82) is 0 Å². The molecule has 0 atom stereocenters. The van der Waals surface area contributed by atoms with E-state index in [1.165, 1.54) is 0 Å². The van der Waals surface area contributed by atoms with Crippen LogP contribution in [0.3, 0.4) is 0 Å². The molecule has 3 aromatic rings. The van der Waals surface area contributed by atoms with Gasteiger partial charge in [0.15, 0.2) is 0 Å². The number of benzene rings is 1. The van der Waals surface area contributed by atoms with E-state index >= 15 is 0 Å². The Kier molecular flexibility index (Phi) is 3.57. The van der Waals surface area contributed by atoms with Gasteiger partial charge < -0.3 is 15.1 Å². The van der Waals surface area contributed by atoms with E-state index in [-0.39, 0.29) is 12.4 Å². The summed E-state index contributed by atoms with van der Waals surface area (Å²) >= 11 is 0. The smallest absolute Gasteiger partial charge is 0.388 e. The Balaban J connectivity index is 1.66. The van der Waals surface area contributed by atoms with E-state index in [2.05, 4.69) is 31.0 Å². The first-order valence-electron chi connectivity index (χ1n) is 7.80. The molecule has 3 heterocycles. The van der Waals surface area contributed by atoms with Crippen LogP contribution >= 0.6 is 0 Å². The summed E-state index contributed by atoms with van der Waals surface area (Å²) in [6.45, 7) is 1.57. The number of fused-ring (bicyclic) bond motifs is 1. The Labute approximate surface area is 135 Å². The molecule has 0 bridgehead atoms. The minimum absolute atomic E-state index is 0.177. The molecule has 0 saturated carbocycles. The summed E-state index contributed by atoms with van der Waals surface area (Å²) in [7, 11) is 0. The molecule has 1 aliphatic heterocycles. The van der Waals surface area contributed by atoms with Crippen molar-refractivity contribution in [2.24, 2.45) is 0 Å². The molecular weight excluding hydrogens is 315 g/mol. The van der Waals surface area contributed by atoms with Crippen molar-refractivity contribution in [1.82, 2.24) is 25.7 Å². The molecule has 1 aliphatic rings. The summed E-state index contributed by atoms with van der Waals surface area (Å²) in [6.07, 6.45) is 2.63. The van der Waals surface area contributed by atoms with Gasteiger partial charge in [-0.05, 0) is 38.1 Å². The number of halogens is 1. The van der Waals surface area contributed by atoms with E-state index in [0.717, 1.165) is 16.6 Å². The van der Waals surface area contributed by atoms with Crippen LogP contribution in [0.5, 0.6) is 0 Å². The third-order valence-corrected chi connectivity index (χ3v) is 4.34. The molecule has 0 aliphatic carbocycles. The predicted octanol–water partition coefficient (Wildman–Crippen LogP) is 1.41. The molecule has 2 aromatic heterocycles. The number of aromatic nitrogens is 4. The lowest BCUT2D eigenvalue weighted by molar-refractivity contribution is 0.131. The molecule has 24 heavy (non-hydrogen) atoms. The normalized spacial score (nSPS) is 17.2. The highest BCUT2D eigenvalue weighted by atomic mass is 19.1. The van der Waals surface area contributed by atoms with Crippen molar-refractivity contribution >= 4 is 16.6 Å². The Hall–Kier alpha value is -2.68. The van der Waals surface area contributed by atoms with Crippen molar-refractivity contribution in [2.75, 3.05) is 25.0 Å².